The van der Waals surface area contributed by atoms with Crippen LogP contribution in [0.15, 0.2) is 18.2 Å². The first-order valence-electron chi connectivity index (χ1n) is 6.38. The average Bonchev–Trinajstić information content (AvgIpc) is 2.59. The first kappa shape index (κ1) is 14.2. The Morgan fingerprint density at radius 2 is 1.85 bits per heavy atom. The van der Waals surface area contributed by atoms with Gasteiger partial charge in [0.05, 0.1) is 11.3 Å². The molecule has 1 aromatic carbocycles. The van der Waals surface area contributed by atoms with Gasteiger partial charge in [0.25, 0.3) is 0 Å². The number of rotatable bonds is 1. The van der Waals surface area contributed by atoms with Crippen LogP contribution in [-0.4, -0.2) is 23.5 Å². The molecule has 20 heavy (non-hydrogen) atoms. The molecule has 1 aliphatic heterocycles. The fraction of sp³-hybridized carbons (Fsp3) is 0.333. The minimum absolute atomic E-state index is 0.225. The fourth-order valence-electron chi connectivity index (χ4n) is 2.12. The Labute approximate surface area is 116 Å². The fourth-order valence-corrected chi connectivity index (χ4v) is 2.12. The monoisotopic (exact) mass is 275 g/mol. The molecule has 0 radical (unpaired) electrons. The van der Waals surface area contributed by atoms with Crippen molar-refractivity contribution in [3.8, 4) is 11.8 Å². The molecule has 1 heterocycles. The topological polar surface area (TPSA) is 57.6 Å². The van der Waals surface area contributed by atoms with Crippen molar-refractivity contribution in [3.63, 3.8) is 0 Å². The first-order chi connectivity index (χ1) is 9.63. The second-order valence-corrected chi connectivity index (χ2v) is 4.45. The number of halogens is 1. The molecule has 1 saturated heterocycles. The first-order valence-corrected chi connectivity index (χ1v) is 6.38. The Hall–Kier alpha value is -2.19. The summed E-state index contributed by atoms with van der Waals surface area (Å²) in [6.45, 7) is -0.377. The van der Waals surface area contributed by atoms with Crippen LogP contribution in [0.1, 0.15) is 31.2 Å². The molecule has 1 aliphatic rings. The van der Waals surface area contributed by atoms with Crippen LogP contribution >= 0.6 is 0 Å². The van der Waals surface area contributed by atoms with E-state index in [0.29, 0.717) is 12.8 Å². The number of benzene rings is 1. The number of aliphatic hydroxyl groups excluding tert-OH is 1. The summed E-state index contributed by atoms with van der Waals surface area (Å²) in [6.07, 6.45) is 1.91. The minimum atomic E-state index is -0.509. The van der Waals surface area contributed by atoms with Crippen LogP contribution in [0.4, 0.5) is 10.1 Å². The van der Waals surface area contributed by atoms with E-state index in [1.165, 1.54) is 12.1 Å². The van der Waals surface area contributed by atoms with E-state index in [1.54, 1.807) is 0 Å². The molecule has 0 spiro atoms. The van der Waals surface area contributed by atoms with Crippen LogP contribution in [0.3, 0.4) is 0 Å². The molecule has 0 unspecified atom stereocenters. The largest absolute Gasteiger partial charge is 0.384 e. The summed E-state index contributed by atoms with van der Waals surface area (Å²) in [6, 6.07) is 3.71. The van der Waals surface area contributed by atoms with Crippen LogP contribution in [0.2, 0.25) is 0 Å². The highest BCUT2D eigenvalue weighted by Crippen LogP contribution is 2.25. The summed E-state index contributed by atoms with van der Waals surface area (Å²) < 4.78 is 13.3. The van der Waals surface area contributed by atoms with E-state index >= 15 is 0 Å². The van der Waals surface area contributed by atoms with E-state index in [-0.39, 0.29) is 42.5 Å². The molecule has 104 valence electrons. The number of amides is 2. The van der Waals surface area contributed by atoms with Gasteiger partial charge >= 0.3 is 0 Å². The Balaban J connectivity index is 2.49. The zero-order valence-corrected chi connectivity index (χ0v) is 10.9. The number of anilines is 1. The Bertz CT molecular complexity index is 583. The van der Waals surface area contributed by atoms with Crippen LogP contribution in [0.25, 0.3) is 0 Å². The van der Waals surface area contributed by atoms with Crippen molar-refractivity contribution in [1.29, 1.82) is 0 Å². The molecule has 0 bridgehead atoms. The molecular weight excluding hydrogens is 261 g/mol. The highest BCUT2D eigenvalue weighted by molar-refractivity contribution is 6.16. The lowest BCUT2D eigenvalue weighted by atomic mass is 10.1. The summed E-state index contributed by atoms with van der Waals surface area (Å²) in [5.41, 5.74) is 0.506. The van der Waals surface area contributed by atoms with Gasteiger partial charge in [-0.2, -0.15) is 0 Å². The summed E-state index contributed by atoms with van der Waals surface area (Å²) >= 11 is 0. The SMILES string of the molecule is O=C1CCCCC(=O)N1c1ccc(F)cc1C#CCO. The lowest BCUT2D eigenvalue weighted by molar-refractivity contribution is -0.125. The van der Waals surface area contributed by atoms with Gasteiger partial charge in [0, 0.05) is 12.8 Å². The second-order valence-electron chi connectivity index (χ2n) is 4.45. The van der Waals surface area contributed by atoms with Crippen LogP contribution < -0.4 is 4.90 Å². The summed E-state index contributed by atoms with van der Waals surface area (Å²) in [4.78, 5) is 25.2. The molecule has 2 amide bonds. The summed E-state index contributed by atoms with van der Waals surface area (Å²) in [5.74, 6) is 3.87. The van der Waals surface area contributed by atoms with Gasteiger partial charge in [-0.3, -0.25) is 9.59 Å². The van der Waals surface area contributed by atoms with Crippen molar-refractivity contribution in [2.24, 2.45) is 0 Å². The third kappa shape index (κ3) is 3.03. The number of carbonyl (C=O) groups is 2. The lowest BCUT2D eigenvalue weighted by Gasteiger charge is -2.20. The van der Waals surface area contributed by atoms with Gasteiger partial charge in [-0.15, -0.1) is 0 Å². The molecular formula is C15H14FNO3. The number of aliphatic hydroxyl groups is 1. The highest BCUT2D eigenvalue weighted by Gasteiger charge is 2.27. The van der Waals surface area contributed by atoms with E-state index in [9.17, 15) is 14.0 Å². The smallest absolute Gasteiger partial charge is 0.233 e. The van der Waals surface area contributed by atoms with E-state index in [1.807, 2.05) is 0 Å². The Morgan fingerprint density at radius 1 is 1.20 bits per heavy atom. The third-order valence-electron chi connectivity index (χ3n) is 3.03. The van der Waals surface area contributed by atoms with Crippen LogP contribution in [0.5, 0.6) is 0 Å². The maximum Gasteiger partial charge on any atom is 0.233 e. The van der Waals surface area contributed by atoms with Gasteiger partial charge in [0.1, 0.15) is 12.4 Å². The number of hydrogen-bond donors (Lipinski definition) is 1. The predicted octanol–water partition coefficient (Wildman–Crippen LogP) is 1.60. The average molecular weight is 275 g/mol. The molecule has 4 nitrogen and oxygen atoms in total. The number of imide groups is 1. The van der Waals surface area contributed by atoms with Crippen LogP contribution in [0, 0.1) is 17.7 Å². The van der Waals surface area contributed by atoms with E-state index < -0.39 is 5.82 Å². The minimum Gasteiger partial charge on any atom is -0.384 e. The number of nitrogens with zero attached hydrogens (tertiary/aromatic N) is 1. The van der Waals surface area contributed by atoms with Gasteiger partial charge in [-0.1, -0.05) is 11.8 Å². The van der Waals surface area contributed by atoms with E-state index in [0.717, 1.165) is 11.0 Å². The van der Waals surface area contributed by atoms with Gasteiger partial charge in [-0.05, 0) is 31.0 Å². The van der Waals surface area contributed by atoms with Gasteiger partial charge in [0.2, 0.25) is 11.8 Å². The maximum atomic E-state index is 13.3. The van der Waals surface area contributed by atoms with Crippen molar-refractivity contribution >= 4 is 17.5 Å². The third-order valence-corrected chi connectivity index (χ3v) is 3.03. The molecule has 0 saturated carbocycles. The molecule has 1 N–H and O–H groups in total. The van der Waals surface area contributed by atoms with Crippen molar-refractivity contribution in [3.05, 3.63) is 29.6 Å². The van der Waals surface area contributed by atoms with Crippen molar-refractivity contribution in [2.45, 2.75) is 25.7 Å². The lowest BCUT2D eigenvalue weighted by Crippen LogP contribution is -2.35. The molecule has 1 fully saturated rings. The Morgan fingerprint density at radius 3 is 2.45 bits per heavy atom. The number of hydrogen-bond acceptors (Lipinski definition) is 3. The maximum absolute atomic E-state index is 13.3. The zero-order chi connectivity index (χ0) is 14.5. The van der Waals surface area contributed by atoms with Crippen LogP contribution in [-0.2, 0) is 9.59 Å². The van der Waals surface area contributed by atoms with Gasteiger partial charge in [-0.25, -0.2) is 9.29 Å². The molecule has 5 heteroatoms. The molecule has 1 aromatic rings. The van der Waals surface area contributed by atoms with Crippen molar-refractivity contribution in [2.75, 3.05) is 11.5 Å². The predicted molar refractivity (Wildman–Crippen MR) is 71.3 cm³/mol. The quantitative estimate of drug-likeness (QED) is 0.625. The van der Waals surface area contributed by atoms with Gasteiger partial charge in [0.15, 0.2) is 0 Å². The molecule has 0 aromatic heterocycles. The zero-order valence-electron chi connectivity index (χ0n) is 10.9. The standard InChI is InChI=1S/C15H14FNO3/c16-12-7-8-13(11(10-12)4-3-9-18)17-14(19)5-1-2-6-15(17)20/h7-8,10,18H,1-2,5-6,9H2. The summed E-state index contributed by atoms with van der Waals surface area (Å²) in [5, 5.41) is 8.73. The highest BCUT2D eigenvalue weighted by atomic mass is 19.1. The van der Waals surface area contributed by atoms with Crippen molar-refractivity contribution in [1.82, 2.24) is 0 Å². The normalized spacial score (nSPS) is 15.6. The van der Waals surface area contributed by atoms with E-state index in [4.69, 9.17) is 5.11 Å². The van der Waals surface area contributed by atoms with E-state index in [2.05, 4.69) is 11.8 Å². The second kappa shape index (κ2) is 6.31. The molecule has 0 aliphatic carbocycles. The molecule has 0 atom stereocenters. The Kier molecular flexibility index (Phi) is 4.49. The van der Waals surface area contributed by atoms with Crippen molar-refractivity contribution < 1.29 is 19.1 Å². The van der Waals surface area contributed by atoms with Gasteiger partial charge < -0.3 is 5.11 Å². The summed E-state index contributed by atoms with van der Waals surface area (Å²) in [7, 11) is 0. The molecule has 2 rings (SSSR count). The number of carbonyl (C=O) groups excluding carboxylic acids is 2.